The first kappa shape index (κ1) is 16.8. The van der Waals surface area contributed by atoms with Gasteiger partial charge in [0.05, 0.1) is 19.8 Å². The van der Waals surface area contributed by atoms with Crippen LogP contribution in [0.25, 0.3) is 0 Å². The number of aliphatic hydroxyl groups excluding tert-OH is 1. The van der Waals surface area contributed by atoms with Gasteiger partial charge in [0.2, 0.25) is 0 Å². The number of rotatable bonds is 10. The number of methoxy groups -OCH3 is 1. The summed E-state index contributed by atoms with van der Waals surface area (Å²) < 4.78 is 10.8. The quantitative estimate of drug-likeness (QED) is 0.562. The second-order valence-electron chi connectivity index (χ2n) is 4.65. The topological polar surface area (TPSA) is 62.8 Å². The number of aliphatic hydroxyl groups is 1. The molecule has 1 rings (SSSR count). The van der Waals surface area contributed by atoms with Gasteiger partial charge in [-0.25, -0.2) is 0 Å². The molecule has 0 radical (unpaired) electrons. The van der Waals surface area contributed by atoms with E-state index in [0.29, 0.717) is 13.2 Å². The van der Waals surface area contributed by atoms with E-state index < -0.39 is 0 Å². The molecular weight excluding hydrogens is 256 g/mol. The van der Waals surface area contributed by atoms with Crippen molar-refractivity contribution in [3.05, 3.63) is 23.8 Å². The fourth-order valence-corrected chi connectivity index (χ4v) is 1.82. The first-order valence-corrected chi connectivity index (χ1v) is 7.06. The van der Waals surface area contributed by atoms with Gasteiger partial charge < -0.3 is 25.2 Å². The average molecular weight is 282 g/mol. The molecule has 0 bridgehead atoms. The summed E-state index contributed by atoms with van der Waals surface area (Å²) in [6.45, 7) is 7.43. The van der Waals surface area contributed by atoms with Gasteiger partial charge >= 0.3 is 0 Å². The third kappa shape index (κ3) is 6.23. The molecule has 0 heterocycles. The van der Waals surface area contributed by atoms with Gasteiger partial charge in [-0.15, -0.1) is 0 Å². The lowest BCUT2D eigenvalue weighted by Crippen LogP contribution is -2.31. The minimum Gasteiger partial charge on any atom is -0.493 e. The van der Waals surface area contributed by atoms with Gasteiger partial charge in [-0.2, -0.15) is 0 Å². The normalized spacial score (nSPS) is 12.2. The molecule has 0 aromatic heterocycles. The van der Waals surface area contributed by atoms with Gasteiger partial charge in [-0.3, -0.25) is 0 Å². The number of nitrogens with one attached hydrogen (secondary N) is 2. The minimum absolute atomic E-state index is 0.301. The number of ether oxygens (including phenoxy) is 2. The van der Waals surface area contributed by atoms with E-state index in [4.69, 9.17) is 14.6 Å². The van der Waals surface area contributed by atoms with Crippen LogP contribution in [-0.4, -0.2) is 44.6 Å². The van der Waals surface area contributed by atoms with Crippen LogP contribution < -0.4 is 20.1 Å². The Balaban J connectivity index is 2.34. The van der Waals surface area contributed by atoms with Crippen molar-refractivity contribution >= 4 is 0 Å². The van der Waals surface area contributed by atoms with E-state index in [1.165, 1.54) is 0 Å². The summed E-state index contributed by atoms with van der Waals surface area (Å²) in [6, 6.07) is 5.95. The van der Waals surface area contributed by atoms with Crippen LogP contribution in [0.5, 0.6) is 11.5 Å². The molecule has 0 saturated carbocycles. The van der Waals surface area contributed by atoms with Crippen molar-refractivity contribution in [3.63, 3.8) is 0 Å². The van der Waals surface area contributed by atoms with Crippen LogP contribution in [0.1, 0.15) is 19.4 Å². The van der Waals surface area contributed by atoms with Gasteiger partial charge in [0.25, 0.3) is 0 Å². The Kier molecular flexibility index (Phi) is 8.02. The summed E-state index contributed by atoms with van der Waals surface area (Å²) in [5, 5.41) is 15.6. The van der Waals surface area contributed by atoms with E-state index in [2.05, 4.69) is 10.6 Å². The zero-order valence-electron chi connectivity index (χ0n) is 12.6. The van der Waals surface area contributed by atoms with E-state index in [-0.39, 0.29) is 6.10 Å². The summed E-state index contributed by atoms with van der Waals surface area (Å²) in [5.41, 5.74) is 1.16. The Morgan fingerprint density at radius 3 is 2.60 bits per heavy atom. The highest BCUT2D eigenvalue weighted by Crippen LogP contribution is 2.27. The molecule has 0 aliphatic rings. The van der Waals surface area contributed by atoms with Crippen LogP contribution in [0, 0.1) is 0 Å². The highest BCUT2D eigenvalue weighted by molar-refractivity contribution is 5.42. The van der Waals surface area contributed by atoms with Crippen LogP contribution in [-0.2, 0) is 6.54 Å². The molecule has 1 aromatic rings. The Labute approximate surface area is 121 Å². The van der Waals surface area contributed by atoms with Crippen molar-refractivity contribution < 1.29 is 14.6 Å². The molecule has 1 unspecified atom stereocenters. The van der Waals surface area contributed by atoms with Gasteiger partial charge in [-0.05, 0) is 31.5 Å². The predicted molar refractivity (Wildman–Crippen MR) is 80.4 cm³/mol. The monoisotopic (exact) mass is 282 g/mol. The van der Waals surface area contributed by atoms with Crippen molar-refractivity contribution in [3.8, 4) is 11.5 Å². The molecule has 0 aliphatic carbocycles. The molecule has 5 nitrogen and oxygen atoms in total. The molecule has 1 atom stereocenters. The van der Waals surface area contributed by atoms with E-state index >= 15 is 0 Å². The van der Waals surface area contributed by atoms with Crippen molar-refractivity contribution in [1.82, 2.24) is 10.6 Å². The zero-order chi connectivity index (χ0) is 14.8. The Hall–Kier alpha value is -1.30. The maximum Gasteiger partial charge on any atom is 0.161 e. The van der Waals surface area contributed by atoms with Crippen molar-refractivity contribution in [2.24, 2.45) is 0 Å². The predicted octanol–water partition coefficient (Wildman–Crippen LogP) is 1.15. The number of hydrogen-bond donors (Lipinski definition) is 3. The second-order valence-corrected chi connectivity index (χ2v) is 4.65. The lowest BCUT2D eigenvalue weighted by atomic mass is 10.2. The van der Waals surface area contributed by atoms with Crippen molar-refractivity contribution in [2.45, 2.75) is 26.5 Å². The van der Waals surface area contributed by atoms with E-state index in [9.17, 15) is 0 Å². The van der Waals surface area contributed by atoms with Gasteiger partial charge in [0, 0.05) is 26.2 Å². The van der Waals surface area contributed by atoms with E-state index in [0.717, 1.165) is 36.7 Å². The largest absolute Gasteiger partial charge is 0.493 e. The summed E-state index contributed by atoms with van der Waals surface area (Å²) in [5.74, 6) is 1.54. The minimum atomic E-state index is -0.301. The summed E-state index contributed by atoms with van der Waals surface area (Å²) in [6.07, 6.45) is -0.301. The zero-order valence-corrected chi connectivity index (χ0v) is 12.6. The summed E-state index contributed by atoms with van der Waals surface area (Å²) in [4.78, 5) is 0. The standard InChI is InChI=1S/C15H26N2O3/c1-4-20-15-9-13(5-6-14(15)19-3)11-17-8-7-16-10-12(2)18/h5-6,9,12,16-18H,4,7-8,10-11H2,1-3H3. The van der Waals surface area contributed by atoms with Gasteiger partial charge in [-0.1, -0.05) is 6.07 Å². The first-order valence-electron chi connectivity index (χ1n) is 7.06. The molecule has 20 heavy (non-hydrogen) atoms. The summed E-state index contributed by atoms with van der Waals surface area (Å²) in [7, 11) is 1.64. The Morgan fingerprint density at radius 1 is 1.20 bits per heavy atom. The van der Waals surface area contributed by atoms with E-state index in [1.54, 1.807) is 14.0 Å². The lowest BCUT2D eigenvalue weighted by molar-refractivity contribution is 0.191. The smallest absolute Gasteiger partial charge is 0.161 e. The van der Waals surface area contributed by atoms with Crippen LogP contribution in [0.3, 0.4) is 0 Å². The van der Waals surface area contributed by atoms with E-state index in [1.807, 2.05) is 25.1 Å². The maximum atomic E-state index is 9.11. The van der Waals surface area contributed by atoms with Gasteiger partial charge in [0.15, 0.2) is 11.5 Å². The fraction of sp³-hybridized carbons (Fsp3) is 0.600. The van der Waals surface area contributed by atoms with Crippen molar-refractivity contribution in [2.75, 3.05) is 33.4 Å². The average Bonchev–Trinajstić information content (AvgIpc) is 2.43. The highest BCUT2D eigenvalue weighted by atomic mass is 16.5. The molecule has 0 fully saturated rings. The molecule has 1 aromatic carbocycles. The maximum absolute atomic E-state index is 9.11. The molecule has 0 spiro atoms. The SMILES string of the molecule is CCOc1cc(CNCCNCC(C)O)ccc1OC. The number of benzene rings is 1. The molecule has 114 valence electrons. The van der Waals surface area contributed by atoms with Crippen molar-refractivity contribution in [1.29, 1.82) is 0 Å². The molecule has 3 N–H and O–H groups in total. The third-order valence-corrected chi connectivity index (χ3v) is 2.78. The Bertz CT molecular complexity index is 383. The van der Waals surface area contributed by atoms with Crippen LogP contribution in [0.15, 0.2) is 18.2 Å². The molecule has 0 amide bonds. The highest BCUT2D eigenvalue weighted by Gasteiger charge is 2.04. The second kappa shape index (κ2) is 9.58. The molecular formula is C15H26N2O3. The lowest BCUT2D eigenvalue weighted by Gasteiger charge is -2.12. The third-order valence-electron chi connectivity index (χ3n) is 2.78. The molecule has 0 aliphatic heterocycles. The molecule has 5 heteroatoms. The molecule has 0 saturated heterocycles. The first-order chi connectivity index (χ1) is 9.67. The van der Waals surface area contributed by atoms with Crippen LogP contribution in [0.4, 0.5) is 0 Å². The van der Waals surface area contributed by atoms with Gasteiger partial charge in [0.1, 0.15) is 0 Å². The summed E-state index contributed by atoms with van der Waals surface area (Å²) >= 11 is 0. The van der Waals surface area contributed by atoms with Crippen LogP contribution >= 0.6 is 0 Å². The fourth-order valence-electron chi connectivity index (χ4n) is 1.82. The van der Waals surface area contributed by atoms with Crippen LogP contribution in [0.2, 0.25) is 0 Å². The number of hydrogen-bond acceptors (Lipinski definition) is 5. The Morgan fingerprint density at radius 2 is 1.95 bits per heavy atom.